The SMILES string of the molecule is CCN(c1ccc2sc(C(=O)Nc3cc(S(=O)(=O)N(C)C)ccc3C)cc2c1)S(=O)(=O)c1ccc(C)cc1. The summed E-state index contributed by atoms with van der Waals surface area (Å²) < 4.78 is 55.0. The van der Waals surface area contributed by atoms with Gasteiger partial charge in [-0.05, 0) is 80.3 Å². The molecule has 200 valence electrons. The lowest BCUT2D eigenvalue weighted by Gasteiger charge is -2.23. The van der Waals surface area contributed by atoms with Crippen molar-refractivity contribution in [3.63, 3.8) is 0 Å². The maximum absolute atomic E-state index is 13.3. The minimum absolute atomic E-state index is 0.0822. The van der Waals surface area contributed by atoms with Crippen LogP contribution in [-0.4, -0.2) is 47.7 Å². The Morgan fingerprint density at radius 3 is 2.13 bits per heavy atom. The zero-order valence-electron chi connectivity index (χ0n) is 21.7. The Kier molecular flexibility index (Phi) is 7.67. The number of benzene rings is 3. The quantitative estimate of drug-likeness (QED) is 0.312. The summed E-state index contributed by atoms with van der Waals surface area (Å²) in [6.45, 7) is 5.70. The van der Waals surface area contributed by atoms with E-state index >= 15 is 0 Å². The third-order valence-electron chi connectivity index (χ3n) is 6.14. The largest absolute Gasteiger partial charge is 0.321 e. The number of carbonyl (C=O) groups is 1. The highest BCUT2D eigenvalue weighted by molar-refractivity contribution is 7.92. The van der Waals surface area contributed by atoms with Gasteiger partial charge in [0.15, 0.2) is 0 Å². The van der Waals surface area contributed by atoms with Gasteiger partial charge in [0.1, 0.15) is 0 Å². The van der Waals surface area contributed by atoms with Crippen LogP contribution in [0.1, 0.15) is 27.7 Å². The van der Waals surface area contributed by atoms with Crippen LogP contribution < -0.4 is 9.62 Å². The summed E-state index contributed by atoms with van der Waals surface area (Å²) in [6, 6.07) is 18.3. The van der Waals surface area contributed by atoms with Crippen LogP contribution >= 0.6 is 11.3 Å². The van der Waals surface area contributed by atoms with Crippen LogP contribution in [0.3, 0.4) is 0 Å². The number of hydrogen-bond acceptors (Lipinski definition) is 6. The molecule has 1 N–H and O–H groups in total. The highest BCUT2D eigenvalue weighted by Crippen LogP contribution is 2.32. The lowest BCUT2D eigenvalue weighted by Crippen LogP contribution is -2.30. The van der Waals surface area contributed by atoms with Crippen molar-refractivity contribution in [2.45, 2.75) is 30.6 Å². The number of carbonyl (C=O) groups excluding carboxylic acids is 1. The molecule has 0 saturated heterocycles. The smallest absolute Gasteiger partial charge is 0.265 e. The molecule has 38 heavy (non-hydrogen) atoms. The maximum Gasteiger partial charge on any atom is 0.265 e. The molecular weight excluding hydrogens is 543 g/mol. The highest BCUT2D eigenvalue weighted by Gasteiger charge is 2.24. The fraction of sp³-hybridized carbons (Fsp3) is 0.222. The Balaban J connectivity index is 1.64. The van der Waals surface area contributed by atoms with Gasteiger partial charge >= 0.3 is 0 Å². The van der Waals surface area contributed by atoms with Crippen molar-refractivity contribution in [2.75, 3.05) is 30.3 Å². The number of anilines is 2. The second kappa shape index (κ2) is 10.5. The summed E-state index contributed by atoms with van der Waals surface area (Å²) in [5.41, 5.74) is 2.60. The minimum atomic E-state index is -3.76. The van der Waals surface area contributed by atoms with Crippen molar-refractivity contribution in [3.05, 3.63) is 82.7 Å². The van der Waals surface area contributed by atoms with Crippen molar-refractivity contribution in [1.82, 2.24) is 4.31 Å². The molecule has 1 amide bonds. The lowest BCUT2D eigenvalue weighted by molar-refractivity contribution is 0.103. The van der Waals surface area contributed by atoms with E-state index in [-0.39, 0.29) is 22.2 Å². The summed E-state index contributed by atoms with van der Waals surface area (Å²) in [4.78, 5) is 13.8. The van der Waals surface area contributed by atoms with E-state index in [0.717, 1.165) is 25.5 Å². The number of aryl methyl sites for hydroxylation is 2. The monoisotopic (exact) mass is 571 g/mol. The van der Waals surface area contributed by atoms with Gasteiger partial charge in [-0.15, -0.1) is 11.3 Å². The first kappa shape index (κ1) is 27.8. The molecule has 0 atom stereocenters. The molecule has 4 rings (SSSR count). The van der Waals surface area contributed by atoms with Crippen LogP contribution in [0.25, 0.3) is 10.1 Å². The highest BCUT2D eigenvalue weighted by atomic mass is 32.2. The van der Waals surface area contributed by atoms with Crippen molar-refractivity contribution >= 4 is 58.8 Å². The standard InChI is InChI=1S/C27H29N3O5S3/c1-6-30(38(34,35)22-11-7-18(2)8-12-22)21-10-14-25-20(15-21)16-26(36-25)27(31)28-24-17-23(13-9-19(24)3)37(32,33)29(4)5/h7-17H,6H2,1-5H3,(H,28,31). The molecule has 1 heterocycles. The van der Waals surface area contributed by atoms with Gasteiger partial charge in [0.2, 0.25) is 10.0 Å². The van der Waals surface area contributed by atoms with Crippen LogP contribution in [0.5, 0.6) is 0 Å². The molecule has 11 heteroatoms. The van der Waals surface area contributed by atoms with Gasteiger partial charge in [0, 0.05) is 31.0 Å². The number of nitrogens with one attached hydrogen (secondary N) is 1. The average Bonchev–Trinajstić information content (AvgIpc) is 3.29. The van der Waals surface area contributed by atoms with E-state index in [9.17, 15) is 21.6 Å². The maximum atomic E-state index is 13.3. The molecule has 3 aromatic carbocycles. The van der Waals surface area contributed by atoms with Crippen LogP contribution in [0.4, 0.5) is 11.4 Å². The second-order valence-corrected chi connectivity index (χ2v) is 14.1. The minimum Gasteiger partial charge on any atom is -0.321 e. The van der Waals surface area contributed by atoms with Crippen LogP contribution in [-0.2, 0) is 20.0 Å². The predicted molar refractivity (Wildman–Crippen MR) is 153 cm³/mol. The molecule has 0 aliphatic rings. The van der Waals surface area contributed by atoms with Gasteiger partial charge < -0.3 is 5.32 Å². The number of sulfonamides is 2. The van der Waals surface area contributed by atoms with Gasteiger partial charge in [-0.25, -0.2) is 21.1 Å². The Morgan fingerprint density at radius 1 is 0.842 bits per heavy atom. The molecular formula is C27H29N3O5S3. The van der Waals surface area contributed by atoms with Gasteiger partial charge in [0.25, 0.3) is 15.9 Å². The molecule has 8 nitrogen and oxygen atoms in total. The molecule has 0 unspecified atom stereocenters. The van der Waals surface area contributed by atoms with E-state index in [2.05, 4.69) is 5.32 Å². The number of hydrogen-bond donors (Lipinski definition) is 1. The molecule has 0 radical (unpaired) electrons. The average molecular weight is 572 g/mol. The Morgan fingerprint density at radius 2 is 1.50 bits per heavy atom. The first-order valence-corrected chi connectivity index (χ1v) is 15.5. The van der Waals surface area contributed by atoms with Gasteiger partial charge in [-0.3, -0.25) is 9.10 Å². The molecule has 0 aliphatic heterocycles. The lowest BCUT2D eigenvalue weighted by atomic mass is 10.2. The molecule has 0 fully saturated rings. The number of nitrogens with zero attached hydrogens (tertiary/aromatic N) is 2. The molecule has 4 aromatic rings. The summed E-state index contributed by atoms with van der Waals surface area (Å²) >= 11 is 1.27. The number of amides is 1. The Labute approximate surface area is 227 Å². The predicted octanol–water partition coefficient (Wildman–Crippen LogP) is 5.24. The third-order valence-corrected chi connectivity index (χ3v) is 11.0. The van der Waals surface area contributed by atoms with Crippen molar-refractivity contribution in [1.29, 1.82) is 0 Å². The van der Waals surface area contributed by atoms with Gasteiger partial charge in [-0.1, -0.05) is 23.8 Å². The second-order valence-electron chi connectivity index (χ2n) is 9.03. The Hall–Kier alpha value is -3.25. The molecule has 0 spiro atoms. The zero-order chi connectivity index (χ0) is 27.8. The van der Waals surface area contributed by atoms with E-state index in [1.165, 1.54) is 41.9 Å². The van der Waals surface area contributed by atoms with Gasteiger partial charge in [-0.2, -0.15) is 0 Å². The van der Waals surface area contributed by atoms with E-state index < -0.39 is 20.0 Å². The molecule has 0 bridgehead atoms. The summed E-state index contributed by atoms with van der Waals surface area (Å²) in [5.74, 6) is -0.380. The zero-order valence-corrected chi connectivity index (χ0v) is 24.2. The summed E-state index contributed by atoms with van der Waals surface area (Å²) in [7, 11) is -4.52. The normalized spacial score (nSPS) is 12.2. The molecule has 1 aromatic heterocycles. The summed E-state index contributed by atoms with van der Waals surface area (Å²) in [6.07, 6.45) is 0. The first-order chi connectivity index (χ1) is 17.8. The summed E-state index contributed by atoms with van der Waals surface area (Å²) in [5, 5.41) is 3.55. The number of rotatable bonds is 8. The van der Waals surface area contributed by atoms with Crippen LogP contribution in [0.2, 0.25) is 0 Å². The molecule has 0 saturated carbocycles. The Bertz CT molecular complexity index is 1730. The number of thiophene rings is 1. The van der Waals surface area contributed by atoms with Gasteiger partial charge in [0.05, 0.1) is 20.4 Å². The number of fused-ring (bicyclic) bond motifs is 1. The fourth-order valence-corrected chi connectivity index (χ4v) is 7.25. The van der Waals surface area contributed by atoms with E-state index in [0.29, 0.717) is 16.3 Å². The van der Waals surface area contributed by atoms with Crippen molar-refractivity contribution in [2.24, 2.45) is 0 Å². The van der Waals surface area contributed by atoms with Crippen molar-refractivity contribution in [3.8, 4) is 0 Å². The molecule has 0 aliphatic carbocycles. The third kappa shape index (κ3) is 5.32. The van der Waals surface area contributed by atoms with E-state index in [1.807, 2.05) is 6.92 Å². The first-order valence-electron chi connectivity index (χ1n) is 11.8. The van der Waals surface area contributed by atoms with E-state index in [1.54, 1.807) is 68.4 Å². The van der Waals surface area contributed by atoms with E-state index in [4.69, 9.17) is 0 Å². The van der Waals surface area contributed by atoms with Crippen LogP contribution in [0.15, 0.2) is 76.5 Å². The fourth-order valence-electron chi connectivity index (χ4n) is 3.92. The van der Waals surface area contributed by atoms with Crippen molar-refractivity contribution < 1.29 is 21.6 Å². The van der Waals surface area contributed by atoms with Crippen LogP contribution in [0, 0.1) is 13.8 Å². The topological polar surface area (TPSA) is 104 Å².